The van der Waals surface area contributed by atoms with Gasteiger partial charge in [-0.3, -0.25) is 11.3 Å². The molecule has 0 aliphatic heterocycles. The molecular weight excluding hydrogens is 250 g/mol. The second-order valence-corrected chi connectivity index (χ2v) is 4.80. The summed E-state index contributed by atoms with van der Waals surface area (Å²) in [5.74, 6) is 4.41. The number of hydrogen-bond acceptors (Lipinski definition) is 3. The van der Waals surface area contributed by atoms with Crippen LogP contribution in [0.3, 0.4) is 0 Å². The Morgan fingerprint density at radius 3 is 2.26 bits per heavy atom. The summed E-state index contributed by atoms with van der Waals surface area (Å²) >= 11 is 0. The van der Waals surface area contributed by atoms with Crippen molar-refractivity contribution in [1.29, 1.82) is 0 Å². The zero-order chi connectivity index (χ0) is 14.5. The summed E-state index contributed by atoms with van der Waals surface area (Å²) in [5.41, 5.74) is 2.77. The van der Waals surface area contributed by atoms with E-state index in [4.69, 9.17) is 10.6 Å². The molecule has 0 heterocycles. The first-order valence-electron chi connectivity index (χ1n) is 6.50. The maximum absolute atomic E-state index is 13.2. The third-order valence-electron chi connectivity index (χ3n) is 3.48. The lowest BCUT2D eigenvalue weighted by Gasteiger charge is -2.36. The summed E-state index contributed by atoms with van der Waals surface area (Å²) in [4.78, 5) is 0. The summed E-state index contributed by atoms with van der Waals surface area (Å²) in [6.45, 7) is 6.40. The van der Waals surface area contributed by atoms with Gasteiger partial charge >= 0.3 is 0 Å². The molecule has 2 unspecified atom stereocenters. The van der Waals surface area contributed by atoms with Crippen molar-refractivity contribution in [2.75, 3.05) is 6.61 Å². The molecule has 2 atom stereocenters. The van der Waals surface area contributed by atoms with Crippen molar-refractivity contribution in [2.45, 2.75) is 45.3 Å². The first kappa shape index (κ1) is 16.0. The van der Waals surface area contributed by atoms with E-state index in [1.54, 1.807) is 0 Å². The fraction of sp³-hybridized carbons (Fsp3) is 0.571. The van der Waals surface area contributed by atoms with Crippen molar-refractivity contribution < 1.29 is 13.5 Å². The Morgan fingerprint density at radius 1 is 1.26 bits per heavy atom. The molecule has 0 fully saturated rings. The molecule has 0 aliphatic rings. The molecular formula is C14H22F2N2O. The van der Waals surface area contributed by atoms with Crippen LogP contribution in [-0.4, -0.2) is 18.2 Å². The number of benzene rings is 1. The summed E-state index contributed by atoms with van der Waals surface area (Å²) in [6.07, 6.45) is 1.14. The van der Waals surface area contributed by atoms with E-state index in [0.29, 0.717) is 18.6 Å². The third kappa shape index (κ3) is 4.23. The molecule has 0 aromatic heterocycles. The normalized spacial score (nSPS) is 16.1. The molecule has 1 rings (SSSR count). The van der Waals surface area contributed by atoms with E-state index in [1.165, 1.54) is 12.1 Å². The zero-order valence-corrected chi connectivity index (χ0v) is 11.7. The molecule has 3 nitrogen and oxygen atoms in total. The van der Waals surface area contributed by atoms with Gasteiger partial charge in [-0.05, 0) is 44.4 Å². The SMILES string of the molecule is CCOC(C)(CC)C(Cc1cc(F)cc(F)c1)NN. The van der Waals surface area contributed by atoms with Crippen LogP contribution < -0.4 is 11.3 Å². The number of ether oxygens (including phenoxy) is 1. The van der Waals surface area contributed by atoms with E-state index >= 15 is 0 Å². The van der Waals surface area contributed by atoms with Gasteiger partial charge in [0.25, 0.3) is 0 Å². The molecule has 0 amide bonds. The van der Waals surface area contributed by atoms with Crippen molar-refractivity contribution in [1.82, 2.24) is 5.43 Å². The molecule has 0 aliphatic carbocycles. The van der Waals surface area contributed by atoms with Crippen molar-refractivity contribution in [2.24, 2.45) is 5.84 Å². The summed E-state index contributed by atoms with van der Waals surface area (Å²) in [5, 5.41) is 0. The van der Waals surface area contributed by atoms with E-state index in [-0.39, 0.29) is 6.04 Å². The van der Waals surface area contributed by atoms with Gasteiger partial charge in [-0.1, -0.05) is 6.92 Å². The van der Waals surface area contributed by atoms with Crippen molar-refractivity contribution in [3.05, 3.63) is 35.4 Å². The number of nitrogens with two attached hydrogens (primary N) is 1. The predicted octanol–water partition coefficient (Wildman–Crippen LogP) is 2.54. The van der Waals surface area contributed by atoms with Gasteiger partial charge in [0.1, 0.15) is 11.6 Å². The minimum atomic E-state index is -0.583. The third-order valence-corrected chi connectivity index (χ3v) is 3.48. The van der Waals surface area contributed by atoms with Gasteiger partial charge in [-0.25, -0.2) is 8.78 Å². The van der Waals surface area contributed by atoms with Crippen LogP contribution in [-0.2, 0) is 11.2 Å². The maximum Gasteiger partial charge on any atom is 0.126 e. The molecule has 108 valence electrons. The average Bonchev–Trinajstić information content (AvgIpc) is 2.35. The van der Waals surface area contributed by atoms with Crippen LogP contribution in [0.25, 0.3) is 0 Å². The van der Waals surface area contributed by atoms with Gasteiger partial charge in [0.2, 0.25) is 0 Å². The molecule has 0 spiro atoms. The minimum Gasteiger partial charge on any atom is -0.374 e. The Bertz CT molecular complexity index is 394. The zero-order valence-electron chi connectivity index (χ0n) is 11.7. The second kappa shape index (κ2) is 6.93. The summed E-state index contributed by atoms with van der Waals surface area (Å²) in [7, 11) is 0. The lowest BCUT2D eigenvalue weighted by atomic mass is 9.88. The highest BCUT2D eigenvalue weighted by Crippen LogP contribution is 2.23. The Morgan fingerprint density at radius 2 is 1.84 bits per heavy atom. The number of hydrazine groups is 1. The second-order valence-electron chi connectivity index (χ2n) is 4.80. The van der Waals surface area contributed by atoms with Gasteiger partial charge in [-0.2, -0.15) is 0 Å². The van der Waals surface area contributed by atoms with E-state index in [9.17, 15) is 8.78 Å². The van der Waals surface area contributed by atoms with Gasteiger partial charge < -0.3 is 4.74 Å². The van der Waals surface area contributed by atoms with Gasteiger partial charge in [-0.15, -0.1) is 0 Å². The Balaban J connectivity index is 2.91. The number of nitrogens with one attached hydrogen (secondary N) is 1. The molecule has 19 heavy (non-hydrogen) atoms. The highest BCUT2D eigenvalue weighted by molar-refractivity contribution is 5.19. The quantitative estimate of drug-likeness (QED) is 0.592. The Hall–Kier alpha value is -1.04. The summed E-state index contributed by atoms with van der Waals surface area (Å²) in [6, 6.07) is 3.26. The smallest absolute Gasteiger partial charge is 0.126 e. The number of halogens is 2. The molecule has 3 N–H and O–H groups in total. The highest BCUT2D eigenvalue weighted by atomic mass is 19.1. The highest BCUT2D eigenvalue weighted by Gasteiger charge is 2.32. The Kier molecular flexibility index (Phi) is 5.85. The van der Waals surface area contributed by atoms with Crippen LogP contribution in [0.4, 0.5) is 8.78 Å². The minimum absolute atomic E-state index is 0.223. The molecule has 0 saturated heterocycles. The molecule has 0 radical (unpaired) electrons. The van der Waals surface area contributed by atoms with Crippen molar-refractivity contribution in [3.63, 3.8) is 0 Å². The summed E-state index contributed by atoms with van der Waals surface area (Å²) < 4.78 is 32.1. The van der Waals surface area contributed by atoms with Crippen molar-refractivity contribution >= 4 is 0 Å². The van der Waals surface area contributed by atoms with Gasteiger partial charge in [0.05, 0.1) is 11.6 Å². The topological polar surface area (TPSA) is 47.3 Å². The first-order valence-corrected chi connectivity index (χ1v) is 6.50. The number of rotatable bonds is 7. The molecule has 1 aromatic rings. The first-order chi connectivity index (χ1) is 8.95. The van der Waals surface area contributed by atoms with Gasteiger partial charge in [0, 0.05) is 12.7 Å². The average molecular weight is 272 g/mol. The molecule has 5 heteroatoms. The van der Waals surface area contributed by atoms with Crippen LogP contribution in [0.15, 0.2) is 18.2 Å². The lowest BCUT2D eigenvalue weighted by Crippen LogP contribution is -2.54. The largest absolute Gasteiger partial charge is 0.374 e. The maximum atomic E-state index is 13.2. The monoisotopic (exact) mass is 272 g/mol. The fourth-order valence-corrected chi connectivity index (χ4v) is 2.19. The molecule has 0 saturated carbocycles. The lowest BCUT2D eigenvalue weighted by molar-refractivity contribution is -0.0551. The predicted molar refractivity (Wildman–Crippen MR) is 71.5 cm³/mol. The van der Waals surface area contributed by atoms with E-state index < -0.39 is 17.2 Å². The van der Waals surface area contributed by atoms with Crippen LogP contribution in [0.1, 0.15) is 32.8 Å². The standard InChI is InChI=1S/C14H22F2N2O/c1-4-14(3,19-5-2)13(18-17)8-10-6-11(15)9-12(16)7-10/h6-7,9,13,18H,4-5,8,17H2,1-3H3. The fourth-order valence-electron chi connectivity index (χ4n) is 2.19. The van der Waals surface area contributed by atoms with E-state index in [0.717, 1.165) is 12.5 Å². The number of hydrogen-bond donors (Lipinski definition) is 2. The van der Waals surface area contributed by atoms with Gasteiger partial charge in [0.15, 0.2) is 0 Å². The Labute approximate surface area is 113 Å². The van der Waals surface area contributed by atoms with Crippen LogP contribution in [0, 0.1) is 11.6 Å². The molecule has 1 aromatic carbocycles. The van der Waals surface area contributed by atoms with E-state index in [2.05, 4.69) is 5.43 Å². The van der Waals surface area contributed by atoms with Crippen molar-refractivity contribution in [3.8, 4) is 0 Å². The van der Waals surface area contributed by atoms with Crippen LogP contribution in [0.5, 0.6) is 0 Å². The van der Waals surface area contributed by atoms with Crippen LogP contribution in [0.2, 0.25) is 0 Å². The van der Waals surface area contributed by atoms with Crippen LogP contribution >= 0.6 is 0 Å². The van der Waals surface area contributed by atoms with E-state index in [1.807, 2.05) is 20.8 Å². The molecule has 0 bridgehead atoms.